The quantitative estimate of drug-likeness (QED) is 0.409. The molecule has 0 spiro atoms. The second-order valence-electron chi connectivity index (χ2n) is 5.56. The van der Waals surface area contributed by atoms with Gasteiger partial charge in [-0.05, 0) is 34.1 Å². The van der Waals surface area contributed by atoms with E-state index in [1.165, 1.54) is 12.8 Å². The Morgan fingerprint density at radius 1 is 1.16 bits per heavy atom. The molecular weight excluding hydrogens is 258 g/mol. The molecule has 0 aliphatic carbocycles. The fourth-order valence-corrected chi connectivity index (χ4v) is 2.36. The van der Waals surface area contributed by atoms with Crippen LogP contribution < -0.4 is 10.6 Å². The summed E-state index contributed by atoms with van der Waals surface area (Å²) < 4.78 is 11.8. The minimum absolute atomic E-state index is 0.141. The van der Waals surface area contributed by atoms with Crippen molar-refractivity contribution in [2.75, 3.05) is 25.4 Å². The summed E-state index contributed by atoms with van der Waals surface area (Å²) in [5.74, 6) is 1.49. The molecule has 0 radical (unpaired) electrons. The maximum atomic E-state index is 11.9. The van der Waals surface area contributed by atoms with Gasteiger partial charge < -0.3 is 10.6 Å². The fraction of sp³-hybridized carbons (Fsp3) is 0.929. The van der Waals surface area contributed by atoms with Crippen LogP contribution >= 0.6 is 0 Å². The first-order valence-corrected chi connectivity index (χ1v) is 8.64. The molecule has 0 rings (SSSR count). The highest BCUT2D eigenvalue weighted by Crippen LogP contribution is 2.10. The molecule has 0 saturated carbocycles. The lowest BCUT2D eigenvalue weighted by Crippen LogP contribution is -2.40. The standard InChI is InChI=1S/C14H31N3OS/c1-6-8-9-10-16-13(15-7-2)17-11-12-19(18)14(3,4)5/h6-12H2,1-5H3,(H2,15,16,17). The van der Waals surface area contributed by atoms with E-state index in [9.17, 15) is 4.21 Å². The first-order chi connectivity index (χ1) is 8.91. The zero-order valence-electron chi connectivity index (χ0n) is 13.2. The third kappa shape index (κ3) is 9.93. The van der Waals surface area contributed by atoms with E-state index in [1.54, 1.807) is 0 Å². The lowest BCUT2D eigenvalue weighted by Gasteiger charge is -2.18. The SMILES string of the molecule is CCCCCN=C(NCC)NCCS(=O)C(C)(C)C. The highest BCUT2D eigenvalue weighted by molar-refractivity contribution is 7.86. The van der Waals surface area contributed by atoms with E-state index in [1.807, 2.05) is 20.8 Å². The van der Waals surface area contributed by atoms with E-state index in [-0.39, 0.29) is 4.75 Å². The van der Waals surface area contributed by atoms with Crippen LogP contribution in [0.2, 0.25) is 0 Å². The second kappa shape index (κ2) is 10.2. The minimum Gasteiger partial charge on any atom is -0.357 e. The van der Waals surface area contributed by atoms with Gasteiger partial charge in [-0.2, -0.15) is 0 Å². The Kier molecular flexibility index (Phi) is 9.92. The zero-order valence-corrected chi connectivity index (χ0v) is 14.0. The summed E-state index contributed by atoms with van der Waals surface area (Å²) in [4.78, 5) is 4.51. The van der Waals surface area contributed by atoms with Crippen LogP contribution in [0.1, 0.15) is 53.9 Å². The molecule has 0 saturated heterocycles. The smallest absolute Gasteiger partial charge is 0.191 e. The van der Waals surface area contributed by atoms with Gasteiger partial charge in [-0.25, -0.2) is 0 Å². The predicted octanol–water partition coefficient (Wildman–Crippen LogP) is 2.28. The molecule has 19 heavy (non-hydrogen) atoms. The first-order valence-electron chi connectivity index (χ1n) is 7.32. The number of unbranched alkanes of at least 4 members (excludes halogenated alkanes) is 2. The molecule has 5 heteroatoms. The van der Waals surface area contributed by atoms with Crippen molar-refractivity contribution < 1.29 is 4.21 Å². The van der Waals surface area contributed by atoms with E-state index in [2.05, 4.69) is 29.5 Å². The Labute approximate surface area is 121 Å². The number of guanidine groups is 1. The largest absolute Gasteiger partial charge is 0.357 e. The van der Waals surface area contributed by atoms with Crippen molar-refractivity contribution in [1.29, 1.82) is 0 Å². The number of hydrogen-bond acceptors (Lipinski definition) is 2. The Balaban J connectivity index is 4.04. The topological polar surface area (TPSA) is 53.5 Å². The molecule has 0 aromatic rings. The normalized spacial score (nSPS) is 14.3. The van der Waals surface area contributed by atoms with Crippen LogP contribution in [0.4, 0.5) is 0 Å². The Morgan fingerprint density at radius 2 is 1.84 bits per heavy atom. The molecule has 0 aliphatic rings. The first kappa shape index (κ1) is 18.4. The minimum atomic E-state index is -0.812. The van der Waals surface area contributed by atoms with Gasteiger partial charge in [0, 0.05) is 40.9 Å². The lowest BCUT2D eigenvalue weighted by atomic mass is 10.2. The summed E-state index contributed by atoms with van der Waals surface area (Å²) in [6.07, 6.45) is 3.56. The third-order valence-corrected chi connectivity index (χ3v) is 4.58. The summed E-state index contributed by atoms with van der Waals surface area (Å²) in [5.41, 5.74) is 0. The van der Waals surface area contributed by atoms with Gasteiger partial charge in [0.05, 0.1) is 0 Å². The van der Waals surface area contributed by atoms with Gasteiger partial charge in [-0.1, -0.05) is 19.8 Å². The summed E-state index contributed by atoms with van der Waals surface area (Å²) in [5, 5.41) is 6.46. The molecule has 0 aliphatic heterocycles. The van der Waals surface area contributed by atoms with Crippen molar-refractivity contribution >= 4 is 16.8 Å². The van der Waals surface area contributed by atoms with E-state index in [0.717, 1.165) is 25.5 Å². The van der Waals surface area contributed by atoms with Crippen LogP contribution in [0.15, 0.2) is 4.99 Å². The Morgan fingerprint density at radius 3 is 2.37 bits per heavy atom. The predicted molar refractivity (Wildman–Crippen MR) is 86.3 cm³/mol. The highest BCUT2D eigenvalue weighted by atomic mass is 32.2. The second-order valence-corrected chi connectivity index (χ2v) is 7.88. The highest BCUT2D eigenvalue weighted by Gasteiger charge is 2.18. The van der Waals surface area contributed by atoms with Crippen LogP contribution in [-0.4, -0.2) is 40.3 Å². The molecule has 0 bridgehead atoms. The Hall–Kier alpha value is -0.580. The van der Waals surface area contributed by atoms with Gasteiger partial charge in [0.25, 0.3) is 0 Å². The molecule has 0 heterocycles. The number of hydrogen-bond donors (Lipinski definition) is 2. The zero-order chi connectivity index (χ0) is 14.7. The van der Waals surface area contributed by atoms with Crippen LogP contribution in [-0.2, 0) is 10.8 Å². The molecule has 1 unspecified atom stereocenters. The van der Waals surface area contributed by atoms with Crippen LogP contribution in [0, 0.1) is 0 Å². The molecule has 2 N–H and O–H groups in total. The van der Waals surface area contributed by atoms with Crippen LogP contribution in [0.25, 0.3) is 0 Å². The Bertz CT molecular complexity index is 285. The average Bonchev–Trinajstić information content (AvgIpc) is 2.33. The summed E-state index contributed by atoms with van der Waals surface area (Å²) >= 11 is 0. The fourth-order valence-electron chi connectivity index (χ4n) is 1.46. The van der Waals surface area contributed by atoms with Gasteiger partial charge in [0.2, 0.25) is 0 Å². The van der Waals surface area contributed by atoms with Crippen molar-refractivity contribution in [2.24, 2.45) is 4.99 Å². The van der Waals surface area contributed by atoms with Gasteiger partial charge >= 0.3 is 0 Å². The van der Waals surface area contributed by atoms with Gasteiger partial charge in [-0.3, -0.25) is 9.20 Å². The van der Waals surface area contributed by atoms with Crippen LogP contribution in [0.5, 0.6) is 0 Å². The molecule has 0 amide bonds. The number of aliphatic imine (C=N–C) groups is 1. The maximum Gasteiger partial charge on any atom is 0.191 e. The average molecular weight is 289 g/mol. The molecule has 0 fully saturated rings. The van der Waals surface area contributed by atoms with Crippen molar-refractivity contribution in [3.8, 4) is 0 Å². The molecular formula is C14H31N3OS. The summed E-state index contributed by atoms with van der Waals surface area (Å²) in [7, 11) is -0.812. The summed E-state index contributed by atoms with van der Waals surface area (Å²) in [6, 6.07) is 0. The number of nitrogens with one attached hydrogen (secondary N) is 2. The van der Waals surface area contributed by atoms with Crippen molar-refractivity contribution in [1.82, 2.24) is 10.6 Å². The molecule has 114 valence electrons. The van der Waals surface area contributed by atoms with E-state index < -0.39 is 10.8 Å². The van der Waals surface area contributed by atoms with Crippen molar-refractivity contribution in [2.45, 2.75) is 58.6 Å². The summed E-state index contributed by atoms with van der Waals surface area (Å²) in [6.45, 7) is 12.7. The van der Waals surface area contributed by atoms with E-state index in [4.69, 9.17) is 0 Å². The molecule has 1 atom stereocenters. The van der Waals surface area contributed by atoms with Crippen molar-refractivity contribution in [3.05, 3.63) is 0 Å². The van der Waals surface area contributed by atoms with Gasteiger partial charge in [-0.15, -0.1) is 0 Å². The van der Waals surface area contributed by atoms with Crippen LogP contribution in [0.3, 0.4) is 0 Å². The van der Waals surface area contributed by atoms with E-state index >= 15 is 0 Å². The molecule has 0 aromatic carbocycles. The van der Waals surface area contributed by atoms with Gasteiger partial charge in [0.15, 0.2) is 5.96 Å². The van der Waals surface area contributed by atoms with Gasteiger partial charge in [0.1, 0.15) is 0 Å². The monoisotopic (exact) mass is 289 g/mol. The van der Waals surface area contributed by atoms with E-state index in [0.29, 0.717) is 12.3 Å². The lowest BCUT2D eigenvalue weighted by molar-refractivity contribution is 0.647. The number of nitrogens with zero attached hydrogens (tertiary/aromatic N) is 1. The maximum absolute atomic E-state index is 11.9. The molecule has 4 nitrogen and oxygen atoms in total. The third-order valence-electron chi connectivity index (χ3n) is 2.64. The van der Waals surface area contributed by atoms with Crippen molar-refractivity contribution in [3.63, 3.8) is 0 Å². The molecule has 0 aromatic heterocycles. The number of rotatable bonds is 8.